The molecule has 2 rings (SSSR count). The predicted octanol–water partition coefficient (Wildman–Crippen LogP) is 3.49. The molecule has 2 nitrogen and oxygen atoms in total. The summed E-state index contributed by atoms with van der Waals surface area (Å²) in [5.74, 6) is 6.30. The Bertz CT molecular complexity index is 489. The van der Waals surface area contributed by atoms with Crippen LogP contribution in [0.15, 0.2) is 11.6 Å². The summed E-state index contributed by atoms with van der Waals surface area (Å²) >= 11 is 0. The van der Waals surface area contributed by atoms with E-state index in [1.54, 1.807) is 6.08 Å². The summed E-state index contributed by atoms with van der Waals surface area (Å²) in [6.45, 7) is 8.13. The lowest BCUT2D eigenvalue weighted by Crippen LogP contribution is -2.36. The van der Waals surface area contributed by atoms with Gasteiger partial charge in [-0.05, 0) is 30.4 Å². The number of aliphatic hydroxyl groups is 1. The Balaban J connectivity index is 2.07. The SMILES string of the molecule is CCCCCCC#C[C@]1(O)C(C)=CC(=O)[C@H]2[C@@H]1C2(C)C. The van der Waals surface area contributed by atoms with E-state index in [9.17, 15) is 9.90 Å². The minimum atomic E-state index is -1.09. The molecule has 0 bridgehead atoms. The van der Waals surface area contributed by atoms with Gasteiger partial charge in [0.25, 0.3) is 0 Å². The van der Waals surface area contributed by atoms with Crippen LogP contribution in [-0.4, -0.2) is 16.5 Å². The van der Waals surface area contributed by atoms with Crippen LogP contribution >= 0.6 is 0 Å². The highest BCUT2D eigenvalue weighted by atomic mass is 16.3. The van der Waals surface area contributed by atoms with Crippen LogP contribution in [0.2, 0.25) is 0 Å². The molecule has 0 heterocycles. The van der Waals surface area contributed by atoms with Gasteiger partial charge >= 0.3 is 0 Å². The van der Waals surface area contributed by atoms with E-state index >= 15 is 0 Å². The van der Waals surface area contributed by atoms with Crippen molar-refractivity contribution in [2.45, 2.75) is 65.4 Å². The van der Waals surface area contributed by atoms with Gasteiger partial charge in [0.2, 0.25) is 0 Å². The molecule has 3 atom stereocenters. The number of carbonyl (C=O) groups is 1. The molecule has 0 aromatic carbocycles. The zero-order chi connectivity index (χ0) is 15.0. The Labute approximate surface area is 122 Å². The normalized spacial score (nSPS) is 33.9. The molecule has 1 N–H and O–H groups in total. The van der Waals surface area contributed by atoms with Gasteiger partial charge in [0, 0.05) is 18.3 Å². The third kappa shape index (κ3) is 2.44. The minimum Gasteiger partial charge on any atom is -0.373 e. The van der Waals surface area contributed by atoms with Gasteiger partial charge in [-0.1, -0.05) is 51.9 Å². The van der Waals surface area contributed by atoms with Gasteiger partial charge < -0.3 is 5.11 Å². The Morgan fingerprint density at radius 2 is 2.00 bits per heavy atom. The molecule has 2 aliphatic carbocycles. The fourth-order valence-corrected chi connectivity index (χ4v) is 3.62. The van der Waals surface area contributed by atoms with Crippen LogP contribution in [0.1, 0.15) is 59.8 Å². The number of hydrogen-bond donors (Lipinski definition) is 1. The van der Waals surface area contributed by atoms with E-state index in [2.05, 4.69) is 32.6 Å². The smallest absolute Gasteiger partial charge is 0.159 e. The summed E-state index contributed by atoms with van der Waals surface area (Å²) in [5.41, 5.74) is -0.500. The molecule has 0 aromatic heterocycles. The molecule has 1 saturated carbocycles. The van der Waals surface area contributed by atoms with Crippen LogP contribution in [0.25, 0.3) is 0 Å². The molecule has 0 aromatic rings. The van der Waals surface area contributed by atoms with Gasteiger partial charge in [0.05, 0.1) is 0 Å². The average molecular weight is 274 g/mol. The standard InChI is InChI=1S/C18H26O2/c1-5-6-7-8-9-10-11-18(20)13(2)12-14(19)15-16(18)17(15,3)4/h12,15-16,20H,5-9H2,1-4H3/t15-,16+,18-/m0/s1. The van der Waals surface area contributed by atoms with Crippen LogP contribution in [0, 0.1) is 29.1 Å². The van der Waals surface area contributed by atoms with Gasteiger partial charge in [0.1, 0.15) is 0 Å². The van der Waals surface area contributed by atoms with E-state index in [0.717, 1.165) is 18.4 Å². The molecular formula is C18H26O2. The molecule has 0 aliphatic heterocycles. The molecule has 0 radical (unpaired) electrons. The second kappa shape index (κ2) is 5.37. The third-order valence-electron chi connectivity index (χ3n) is 4.98. The van der Waals surface area contributed by atoms with E-state index in [0.29, 0.717) is 0 Å². The summed E-state index contributed by atoms with van der Waals surface area (Å²) in [6.07, 6.45) is 7.20. The largest absolute Gasteiger partial charge is 0.373 e. The van der Waals surface area contributed by atoms with Crippen molar-refractivity contribution in [3.63, 3.8) is 0 Å². The average Bonchev–Trinajstić information content (AvgIpc) is 2.96. The Morgan fingerprint density at radius 3 is 2.65 bits per heavy atom. The van der Waals surface area contributed by atoms with E-state index in [1.165, 1.54) is 19.3 Å². The molecule has 0 unspecified atom stereocenters. The summed E-state index contributed by atoms with van der Waals surface area (Å²) in [7, 11) is 0. The molecule has 110 valence electrons. The van der Waals surface area contributed by atoms with Gasteiger partial charge in [0.15, 0.2) is 11.4 Å². The van der Waals surface area contributed by atoms with E-state index in [-0.39, 0.29) is 23.0 Å². The van der Waals surface area contributed by atoms with Crippen LogP contribution in [0.3, 0.4) is 0 Å². The maximum atomic E-state index is 12.0. The fraction of sp³-hybridized carbons (Fsp3) is 0.722. The minimum absolute atomic E-state index is 0.0318. The van der Waals surface area contributed by atoms with Gasteiger partial charge in [-0.2, -0.15) is 0 Å². The highest BCUT2D eigenvalue weighted by molar-refractivity contribution is 5.98. The molecule has 0 amide bonds. The molecular weight excluding hydrogens is 248 g/mol. The molecule has 0 spiro atoms. The van der Waals surface area contributed by atoms with Crippen molar-refractivity contribution in [2.24, 2.45) is 17.3 Å². The van der Waals surface area contributed by atoms with E-state index in [4.69, 9.17) is 0 Å². The highest BCUT2D eigenvalue weighted by Gasteiger charge is 2.70. The lowest BCUT2D eigenvalue weighted by atomic mass is 9.82. The van der Waals surface area contributed by atoms with E-state index < -0.39 is 5.60 Å². The molecule has 0 saturated heterocycles. The zero-order valence-corrected chi connectivity index (χ0v) is 13.1. The second-order valence-electron chi connectivity index (χ2n) is 6.89. The lowest BCUT2D eigenvalue weighted by molar-refractivity contribution is -0.117. The lowest BCUT2D eigenvalue weighted by Gasteiger charge is -2.27. The summed E-state index contributed by atoms with van der Waals surface area (Å²) in [6, 6.07) is 0. The van der Waals surface area contributed by atoms with Crippen molar-refractivity contribution < 1.29 is 9.90 Å². The number of carbonyl (C=O) groups excluding carboxylic acids is 1. The summed E-state index contributed by atoms with van der Waals surface area (Å²) < 4.78 is 0. The first-order valence-electron chi connectivity index (χ1n) is 7.80. The van der Waals surface area contributed by atoms with Crippen LogP contribution in [-0.2, 0) is 4.79 Å². The summed E-state index contributed by atoms with van der Waals surface area (Å²) in [5, 5.41) is 10.9. The third-order valence-corrected chi connectivity index (χ3v) is 4.98. The fourth-order valence-electron chi connectivity index (χ4n) is 3.62. The van der Waals surface area contributed by atoms with Gasteiger partial charge in [-0.3, -0.25) is 4.79 Å². The molecule has 20 heavy (non-hydrogen) atoms. The second-order valence-corrected chi connectivity index (χ2v) is 6.89. The maximum Gasteiger partial charge on any atom is 0.159 e. The Hall–Kier alpha value is -1.07. The number of rotatable bonds is 4. The Morgan fingerprint density at radius 1 is 1.30 bits per heavy atom. The van der Waals surface area contributed by atoms with Crippen molar-refractivity contribution in [3.8, 4) is 11.8 Å². The highest BCUT2D eigenvalue weighted by Crippen LogP contribution is 2.66. The van der Waals surface area contributed by atoms with Crippen molar-refractivity contribution >= 4 is 5.78 Å². The first kappa shape index (κ1) is 15.3. The van der Waals surface area contributed by atoms with Crippen LogP contribution in [0.4, 0.5) is 0 Å². The molecule has 2 heteroatoms. The Kier molecular flexibility index (Phi) is 4.12. The predicted molar refractivity (Wildman–Crippen MR) is 81.0 cm³/mol. The van der Waals surface area contributed by atoms with Crippen LogP contribution in [0.5, 0.6) is 0 Å². The van der Waals surface area contributed by atoms with Gasteiger partial charge in [-0.25, -0.2) is 0 Å². The van der Waals surface area contributed by atoms with Crippen molar-refractivity contribution in [1.82, 2.24) is 0 Å². The first-order chi connectivity index (χ1) is 9.35. The maximum absolute atomic E-state index is 12.0. The number of allylic oxidation sites excluding steroid dienone is 1. The quantitative estimate of drug-likeness (QED) is 0.629. The van der Waals surface area contributed by atoms with E-state index in [1.807, 2.05) is 6.92 Å². The number of hydrogen-bond acceptors (Lipinski definition) is 2. The number of fused-ring (bicyclic) bond motifs is 1. The monoisotopic (exact) mass is 274 g/mol. The first-order valence-corrected chi connectivity index (χ1v) is 7.80. The molecule has 2 aliphatic rings. The topological polar surface area (TPSA) is 37.3 Å². The van der Waals surface area contributed by atoms with Crippen molar-refractivity contribution in [3.05, 3.63) is 11.6 Å². The number of unbranched alkanes of at least 4 members (excludes halogenated alkanes) is 4. The van der Waals surface area contributed by atoms with Gasteiger partial charge in [-0.15, -0.1) is 0 Å². The molecule has 1 fully saturated rings. The number of ketones is 1. The van der Waals surface area contributed by atoms with Crippen molar-refractivity contribution in [2.75, 3.05) is 0 Å². The summed E-state index contributed by atoms with van der Waals surface area (Å²) in [4.78, 5) is 12.0. The zero-order valence-electron chi connectivity index (χ0n) is 13.1. The van der Waals surface area contributed by atoms with Crippen molar-refractivity contribution in [1.29, 1.82) is 0 Å². The van der Waals surface area contributed by atoms with Crippen LogP contribution < -0.4 is 0 Å².